The van der Waals surface area contributed by atoms with E-state index in [-0.39, 0.29) is 12.0 Å². The Morgan fingerprint density at radius 2 is 2.28 bits per heavy atom. The molecule has 1 N–H and O–H groups in total. The van der Waals surface area contributed by atoms with Crippen LogP contribution in [0.2, 0.25) is 0 Å². The average molecular weight is 342 g/mol. The van der Waals surface area contributed by atoms with Crippen molar-refractivity contribution >= 4 is 5.91 Å². The lowest BCUT2D eigenvalue weighted by Gasteiger charge is -2.14. The van der Waals surface area contributed by atoms with E-state index in [0.717, 1.165) is 24.2 Å². The number of hydrogen-bond acceptors (Lipinski definition) is 5. The summed E-state index contributed by atoms with van der Waals surface area (Å²) in [5, 5.41) is 2.92. The zero-order valence-electron chi connectivity index (χ0n) is 14.2. The highest BCUT2D eigenvalue weighted by atomic mass is 16.5. The molecule has 0 spiro atoms. The highest BCUT2D eigenvalue weighted by Crippen LogP contribution is 2.19. The smallest absolute Gasteiger partial charge is 0.256 e. The predicted molar refractivity (Wildman–Crippen MR) is 93.1 cm³/mol. The van der Waals surface area contributed by atoms with E-state index in [0.29, 0.717) is 31.2 Å². The van der Waals surface area contributed by atoms with Crippen LogP contribution in [0.4, 0.5) is 0 Å². The number of aromatic nitrogens is 1. The van der Waals surface area contributed by atoms with Gasteiger partial charge in [-0.1, -0.05) is 12.1 Å². The molecule has 3 rings (SSSR count). The number of nitrogens with zero attached hydrogens (tertiary/aromatic N) is 1. The highest BCUT2D eigenvalue weighted by Gasteiger charge is 2.21. The van der Waals surface area contributed by atoms with Gasteiger partial charge in [-0.25, -0.2) is 4.98 Å². The molecule has 6 nitrogen and oxygen atoms in total. The van der Waals surface area contributed by atoms with Crippen LogP contribution in [0.1, 0.15) is 22.3 Å². The summed E-state index contributed by atoms with van der Waals surface area (Å²) in [4.78, 5) is 16.7. The standard InChI is InChI=1S/C19H22N2O4/c1-23-15-5-2-4-14(12-15)7-10-20-18(22)17-6-3-9-21-19(17)25-16-8-11-24-13-16/h2-6,9,12,16H,7-8,10-11,13H2,1H3,(H,20,22). The topological polar surface area (TPSA) is 69.7 Å². The van der Waals surface area contributed by atoms with E-state index in [1.165, 1.54) is 0 Å². The molecule has 2 aromatic rings. The van der Waals surface area contributed by atoms with E-state index in [2.05, 4.69) is 10.3 Å². The number of ether oxygens (including phenoxy) is 3. The lowest BCUT2D eigenvalue weighted by molar-refractivity contribution is 0.0941. The second-order valence-corrected chi connectivity index (χ2v) is 5.82. The number of rotatable bonds is 7. The van der Waals surface area contributed by atoms with Crippen molar-refractivity contribution in [3.05, 3.63) is 53.7 Å². The van der Waals surface area contributed by atoms with Crippen LogP contribution in [-0.4, -0.2) is 43.9 Å². The molecule has 132 valence electrons. The van der Waals surface area contributed by atoms with Crippen molar-refractivity contribution in [3.8, 4) is 11.6 Å². The monoisotopic (exact) mass is 342 g/mol. The Morgan fingerprint density at radius 3 is 3.08 bits per heavy atom. The van der Waals surface area contributed by atoms with Crippen molar-refractivity contribution in [1.29, 1.82) is 0 Å². The minimum atomic E-state index is -0.190. The van der Waals surface area contributed by atoms with Gasteiger partial charge in [-0.05, 0) is 36.2 Å². The lowest BCUT2D eigenvalue weighted by atomic mass is 10.1. The summed E-state index contributed by atoms with van der Waals surface area (Å²) in [6, 6.07) is 11.3. The van der Waals surface area contributed by atoms with Crippen molar-refractivity contribution in [2.75, 3.05) is 26.9 Å². The molecule has 1 unspecified atom stereocenters. The summed E-state index contributed by atoms with van der Waals surface area (Å²) in [6.07, 6.45) is 3.11. The van der Waals surface area contributed by atoms with Crippen molar-refractivity contribution in [2.24, 2.45) is 0 Å². The molecular weight excluding hydrogens is 320 g/mol. The first-order valence-corrected chi connectivity index (χ1v) is 8.37. The van der Waals surface area contributed by atoms with Crippen LogP contribution in [0, 0.1) is 0 Å². The fourth-order valence-corrected chi connectivity index (χ4v) is 2.66. The molecule has 1 aliphatic rings. The Balaban J connectivity index is 1.57. The van der Waals surface area contributed by atoms with Crippen molar-refractivity contribution in [1.82, 2.24) is 10.3 Å². The summed E-state index contributed by atoms with van der Waals surface area (Å²) in [5.74, 6) is 0.979. The van der Waals surface area contributed by atoms with Crippen LogP contribution in [0.5, 0.6) is 11.6 Å². The van der Waals surface area contributed by atoms with E-state index in [1.807, 2.05) is 24.3 Å². The van der Waals surface area contributed by atoms with E-state index in [9.17, 15) is 4.79 Å². The molecule has 2 heterocycles. The molecule has 25 heavy (non-hydrogen) atoms. The number of nitrogens with one attached hydrogen (secondary N) is 1. The maximum atomic E-state index is 12.5. The molecule has 1 atom stereocenters. The van der Waals surface area contributed by atoms with Gasteiger partial charge in [0.25, 0.3) is 5.91 Å². The van der Waals surface area contributed by atoms with Gasteiger partial charge in [0, 0.05) is 19.2 Å². The molecule has 0 bridgehead atoms. The number of hydrogen-bond donors (Lipinski definition) is 1. The summed E-state index contributed by atoms with van der Waals surface area (Å²) in [7, 11) is 1.64. The second-order valence-electron chi connectivity index (χ2n) is 5.82. The molecule has 0 radical (unpaired) electrons. The largest absolute Gasteiger partial charge is 0.497 e. The normalized spacial score (nSPS) is 16.4. The van der Waals surface area contributed by atoms with Crippen LogP contribution in [0.25, 0.3) is 0 Å². The van der Waals surface area contributed by atoms with E-state index >= 15 is 0 Å². The van der Waals surface area contributed by atoms with Crippen molar-refractivity contribution in [2.45, 2.75) is 18.9 Å². The summed E-state index contributed by atoms with van der Waals surface area (Å²) >= 11 is 0. The third-order valence-electron chi connectivity index (χ3n) is 4.02. The zero-order valence-corrected chi connectivity index (χ0v) is 14.2. The minimum absolute atomic E-state index is 0.0433. The van der Waals surface area contributed by atoms with Crippen LogP contribution in [0.3, 0.4) is 0 Å². The summed E-state index contributed by atoms with van der Waals surface area (Å²) in [5.41, 5.74) is 1.55. The van der Waals surface area contributed by atoms with Gasteiger partial charge in [-0.2, -0.15) is 0 Å². The van der Waals surface area contributed by atoms with E-state index < -0.39 is 0 Å². The molecule has 1 fully saturated rings. The summed E-state index contributed by atoms with van der Waals surface area (Å²) in [6.45, 7) is 1.74. The minimum Gasteiger partial charge on any atom is -0.497 e. The molecule has 1 aliphatic heterocycles. The molecular formula is C19H22N2O4. The van der Waals surface area contributed by atoms with Gasteiger partial charge < -0.3 is 19.5 Å². The fraction of sp³-hybridized carbons (Fsp3) is 0.368. The molecule has 0 aliphatic carbocycles. The number of carbonyl (C=O) groups excluding carboxylic acids is 1. The number of pyridine rings is 1. The molecule has 1 amide bonds. The van der Waals surface area contributed by atoms with E-state index in [1.54, 1.807) is 25.4 Å². The van der Waals surface area contributed by atoms with Crippen LogP contribution >= 0.6 is 0 Å². The Kier molecular flexibility index (Phi) is 5.85. The molecule has 0 saturated carbocycles. The summed E-state index contributed by atoms with van der Waals surface area (Å²) < 4.78 is 16.3. The van der Waals surface area contributed by atoms with Gasteiger partial charge in [0.1, 0.15) is 17.4 Å². The third kappa shape index (κ3) is 4.70. The lowest BCUT2D eigenvalue weighted by Crippen LogP contribution is -2.27. The van der Waals surface area contributed by atoms with Gasteiger partial charge in [-0.3, -0.25) is 4.79 Å². The molecule has 1 aromatic heterocycles. The van der Waals surface area contributed by atoms with Crippen LogP contribution in [-0.2, 0) is 11.2 Å². The first kappa shape index (κ1) is 17.2. The van der Waals surface area contributed by atoms with Crippen LogP contribution < -0.4 is 14.8 Å². The highest BCUT2D eigenvalue weighted by molar-refractivity contribution is 5.96. The zero-order chi connectivity index (χ0) is 17.5. The SMILES string of the molecule is COc1cccc(CCNC(=O)c2cccnc2OC2CCOC2)c1. The third-order valence-corrected chi connectivity index (χ3v) is 4.02. The van der Waals surface area contributed by atoms with Gasteiger partial charge >= 0.3 is 0 Å². The van der Waals surface area contributed by atoms with Gasteiger partial charge in [-0.15, -0.1) is 0 Å². The number of benzene rings is 1. The number of carbonyl (C=O) groups is 1. The Morgan fingerprint density at radius 1 is 1.36 bits per heavy atom. The Hall–Kier alpha value is -2.60. The molecule has 1 aromatic carbocycles. The maximum absolute atomic E-state index is 12.5. The molecule has 1 saturated heterocycles. The second kappa shape index (κ2) is 8.48. The first-order valence-electron chi connectivity index (χ1n) is 8.37. The Labute approximate surface area is 147 Å². The fourth-order valence-electron chi connectivity index (χ4n) is 2.66. The first-order chi connectivity index (χ1) is 12.3. The average Bonchev–Trinajstić information content (AvgIpc) is 3.15. The van der Waals surface area contributed by atoms with Gasteiger partial charge in [0.05, 0.1) is 20.3 Å². The number of amides is 1. The van der Waals surface area contributed by atoms with Crippen molar-refractivity contribution < 1.29 is 19.0 Å². The molecule has 6 heteroatoms. The van der Waals surface area contributed by atoms with Gasteiger partial charge in [0.2, 0.25) is 5.88 Å². The Bertz CT molecular complexity index is 714. The number of methoxy groups -OCH3 is 1. The quantitative estimate of drug-likeness (QED) is 0.836. The van der Waals surface area contributed by atoms with E-state index in [4.69, 9.17) is 14.2 Å². The maximum Gasteiger partial charge on any atom is 0.256 e. The predicted octanol–water partition coefficient (Wildman–Crippen LogP) is 2.23. The van der Waals surface area contributed by atoms with Crippen LogP contribution in [0.15, 0.2) is 42.6 Å². The van der Waals surface area contributed by atoms with Crippen molar-refractivity contribution in [3.63, 3.8) is 0 Å². The van der Waals surface area contributed by atoms with Gasteiger partial charge in [0.15, 0.2) is 0 Å².